The second-order valence-corrected chi connectivity index (χ2v) is 6.63. The van der Waals surface area contributed by atoms with Crippen molar-refractivity contribution in [3.8, 4) is 0 Å². The lowest BCUT2D eigenvalue weighted by Gasteiger charge is -2.22. The van der Waals surface area contributed by atoms with Gasteiger partial charge in [0.1, 0.15) is 0 Å². The number of hydrogen-bond acceptors (Lipinski definition) is 2. The van der Waals surface area contributed by atoms with Crippen LogP contribution < -0.4 is 5.32 Å². The predicted molar refractivity (Wildman–Crippen MR) is 92.4 cm³/mol. The smallest absolute Gasteiger partial charge is 0.317 e. The van der Waals surface area contributed by atoms with Crippen LogP contribution in [0.15, 0.2) is 42.5 Å². The van der Waals surface area contributed by atoms with Gasteiger partial charge < -0.3 is 15.3 Å². The van der Waals surface area contributed by atoms with Crippen LogP contribution in [-0.2, 0) is 6.42 Å². The molecule has 0 radical (unpaired) electrons. The topological polar surface area (TPSA) is 52.6 Å². The van der Waals surface area contributed by atoms with Crippen molar-refractivity contribution >= 4 is 16.8 Å². The fourth-order valence-corrected chi connectivity index (χ4v) is 3.07. The second-order valence-electron chi connectivity index (χ2n) is 6.63. The highest BCUT2D eigenvalue weighted by atomic mass is 16.3. The van der Waals surface area contributed by atoms with Gasteiger partial charge in [-0.25, -0.2) is 4.79 Å². The molecule has 122 valence electrons. The molecule has 2 amide bonds. The summed E-state index contributed by atoms with van der Waals surface area (Å²) < 4.78 is 0. The van der Waals surface area contributed by atoms with Crippen LogP contribution in [0.2, 0.25) is 0 Å². The number of aliphatic hydroxyl groups excluding tert-OH is 1. The van der Waals surface area contributed by atoms with E-state index in [-0.39, 0.29) is 18.1 Å². The molecule has 0 spiro atoms. The van der Waals surface area contributed by atoms with Gasteiger partial charge in [-0.2, -0.15) is 0 Å². The highest BCUT2D eigenvalue weighted by Crippen LogP contribution is 2.45. The maximum atomic E-state index is 12.2. The molecule has 1 aliphatic carbocycles. The summed E-state index contributed by atoms with van der Waals surface area (Å²) in [7, 11) is 1.79. The fourth-order valence-electron chi connectivity index (χ4n) is 3.07. The quantitative estimate of drug-likeness (QED) is 0.862. The molecule has 1 saturated carbocycles. The molecule has 2 aromatic rings. The lowest BCUT2D eigenvalue weighted by atomic mass is 10.0. The van der Waals surface area contributed by atoms with Crippen molar-refractivity contribution in [1.29, 1.82) is 0 Å². The molecule has 1 fully saturated rings. The summed E-state index contributed by atoms with van der Waals surface area (Å²) in [5.74, 6) is 0. The first kappa shape index (κ1) is 15.8. The number of nitrogens with one attached hydrogen (secondary N) is 1. The number of aliphatic hydroxyl groups is 1. The number of carbonyl (C=O) groups excluding carboxylic acids is 1. The zero-order valence-corrected chi connectivity index (χ0v) is 13.6. The van der Waals surface area contributed by atoms with Crippen LogP contribution in [0.4, 0.5) is 4.79 Å². The molecular formula is C19H24N2O2. The first-order chi connectivity index (χ1) is 11.1. The standard InChI is InChI=1S/C19H24N2O2/c1-21(13-19(14-22)10-11-19)18(23)20-12-9-16-7-4-6-15-5-2-3-8-17(15)16/h2-8,22H,9-14H2,1H3,(H,20,23). The van der Waals surface area contributed by atoms with E-state index in [2.05, 4.69) is 35.6 Å². The SMILES string of the molecule is CN(CC1(CO)CC1)C(=O)NCCc1cccc2ccccc12. The zero-order valence-electron chi connectivity index (χ0n) is 13.6. The molecule has 0 aliphatic heterocycles. The Labute approximate surface area is 137 Å². The van der Waals surface area contributed by atoms with Crippen molar-refractivity contribution in [1.82, 2.24) is 10.2 Å². The normalized spacial score (nSPS) is 15.4. The number of carbonyl (C=O) groups is 1. The van der Waals surface area contributed by atoms with Gasteiger partial charge >= 0.3 is 6.03 Å². The van der Waals surface area contributed by atoms with E-state index in [1.54, 1.807) is 11.9 Å². The number of urea groups is 1. The largest absolute Gasteiger partial charge is 0.396 e. The van der Waals surface area contributed by atoms with Crippen LogP contribution in [0.3, 0.4) is 0 Å². The number of nitrogens with zero attached hydrogens (tertiary/aromatic N) is 1. The van der Waals surface area contributed by atoms with Crippen LogP contribution in [-0.4, -0.2) is 42.8 Å². The monoisotopic (exact) mass is 312 g/mol. The number of amides is 2. The minimum absolute atomic E-state index is 0.0400. The van der Waals surface area contributed by atoms with Crippen molar-refractivity contribution in [3.05, 3.63) is 48.0 Å². The molecule has 1 aliphatic rings. The van der Waals surface area contributed by atoms with Crippen molar-refractivity contribution < 1.29 is 9.90 Å². The molecule has 0 bridgehead atoms. The Hall–Kier alpha value is -2.07. The number of benzene rings is 2. The van der Waals surface area contributed by atoms with Crippen LogP contribution in [0.25, 0.3) is 10.8 Å². The van der Waals surface area contributed by atoms with E-state index in [1.165, 1.54) is 16.3 Å². The van der Waals surface area contributed by atoms with Crippen LogP contribution in [0.1, 0.15) is 18.4 Å². The molecule has 0 aromatic heterocycles. The van der Waals surface area contributed by atoms with Gasteiger partial charge in [-0.1, -0.05) is 42.5 Å². The fraction of sp³-hybridized carbons (Fsp3) is 0.421. The van der Waals surface area contributed by atoms with Gasteiger partial charge in [0.05, 0.1) is 6.61 Å². The van der Waals surface area contributed by atoms with E-state index in [0.717, 1.165) is 19.3 Å². The van der Waals surface area contributed by atoms with Gasteiger partial charge in [-0.05, 0) is 35.6 Å². The Morgan fingerprint density at radius 2 is 1.96 bits per heavy atom. The lowest BCUT2D eigenvalue weighted by Crippen LogP contribution is -2.41. The maximum Gasteiger partial charge on any atom is 0.317 e. The Kier molecular flexibility index (Phi) is 4.53. The van der Waals surface area contributed by atoms with Crippen molar-refractivity contribution in [3.63, 3.8) is 0 Å². The maximum absolute atomic E-state index is 12.2. The molecule has 0 saturated heterocycles. The number of fused-ring (bicyclic) bond motifs is 1. The van der Waals surface area contributed by atoms with E-state index in [9.17, 15) is 9.90 Å². The van der Waals surface area contributed by atoms with Gasteiger partial charge in [0.2, 0.25) is 0 Å². The number of rotatable bonds is 6. The molecule has 0 atom stereocenters. The molecule has 0 heterocycles. The highest BCUT2D eigenvalue weighted by Gasteiger charge is 2.43. The van der Waals surface area contributed by atoms with Crippen LogP contribution >= 0.6 is 0 Å². The third-order valence-corrected chi connectivity index (χ3v) is 4.76. The Balaban J connectivity index is 1.53. The molecule has 4 nitrogen and oxygen atoms in total. The summed E-state index contributed by atoms with van der Waals surface area (Å²) in [5, 5.41) is 14.8. The van der Waals surface area contributed by atoms with Crippen molar-refractivity contribution in [2.45, 2.75) is 19.3 Å². The van der Waals surface area contributed by atoms with Gasteiger partial charge in [-0.3, -0.25) is 0 Å². The van der Waals surface area contributed by atoms with Gasteiger partial charge in [0, 0.05) is 25.6 Å². The molecular weight excluding hydrogens is 288 g/mol. The highest BCUT2D eigenvalue weighted by molar-refractivity contribution is 5.85. The summed E-state index contributed by atoms with van der Waals surface area (Å²) in [4.78, 5) is 13.8. The number of hydrogen-bond donors (Lipinski definition) is 2. The first-order valence-electron chi connectivity index (χ1n) is 8.20. The Morgan fingerprint density at radius 1 is 1.22 bits per heavy atom. The summed E-state index contributed by atoms with van der Waals surface area (Å²) in [6, 6.07) is 14.5. The predicted octanol–water partition coefficient (Wildman–Crippen LogP) is 2.80. The van der Waals surface area contributed by atoms with Gasteiger partial charge in [0.15, 0.2) is 0 Å². The molecule has 3 rings (SSSR count). The summed E-state index contributed by atoms with van der Waals surface area (Å²) in [5.41, 5.74) is 1.21. The Morgan fingerprint density at radius 3 is 2.70 bits per heavy atom. The summed E-state index contributed by atoms with van der Waals surface area (Å²) in [6.45, 7) is 1.41. The Bertz CT molecular complexity index is 689. The van der Waals surface area contributed by atoms with E-state index in [0.29, 0.717) is 13.1 Å². The van der Waals surface area contributed by atoms with E-state index < -0.39 is 0 Å². The lowest BCUT2D eigenvalue weighted by molar-refractivity contribution is 0.162. The molecule has 4 heteroatoms. The molecule has 2 N–H and O–H groups in total. The minimum atomic E-state index is -0.0649. The first-order valence-corrected chi connectivity index (χ1v) is 8.20. The van der Waals surface area contributed by atoms with E-state index in [1.807, 2.05) is 12.1 Å². The molecule has 23 heavy (non-hydrogen) atoms. The average Bonchev–Trinajstić information content (AvgIpc) is 3.35. The van der Waals surface area contributed by atoms with Crippen LogP contribution in [0.5, 0.6) is 0 Å². The molecule has 2 aromatic carbocycles. The summed E-state index contributed by atoms with van der Waals surface area (Å²) in [6.07, 6.45) is 2.83. The van der Waals surface area contributed by atoms with E-state index in [4.69, 9.17) is 0 Å². The van der Waals surface area contributed by atoms with Crippen molar-refractivity contribution in [2.75, 3.05) is 26.7 Å². The third kappa shape index (κ3) is 3.64. The van der Waals surface area contributed by atoms with Crippen molar-refractivity contribution in [2.24, 2.45) is 5.41 Å². The summed E-state index contributed by atoms with van der Waals surface area (Å²) >= 11 is 0. The molecule has 0 unspecified atom stereocenters. The third-order valence-electron chi connectivity index (χ3n) is 4.76. The van der Waals surface area contributed by atoms with Gasteiger partial charge in [-0.15, -0.1) is 0 Å². The van der Waals surface area contributed by atoms with Gasteiger partial charge in [0.25, 0.3) is 0 Å². The zero-order chi connectivity index (χ0) is 16.3. The second kappa shape index (κ2) is 6.59. The van der Waals surface area contributed by atoms with Crippen LogP contribution in [0, 0.1) is 5.41 Å². The average molecular weight is 312 g/mol. The van der Waals surface area contributed by atoms with E-state index >= 15 is 0 Å². The minimum Gasteiger partial charge on any atom is -0.396 e.